The summed E-state index contributed by atoms with van der Waals surface area (Å²) in [5.74, 6) is -0.0657. The number of likely N-dealkylation sites (tertiary alicyclic amines) is 1. The van der Waals surface area contributed by atoms with Gasteiger partial charge in [0.05, 0.1) is 0 Å². The van der Waals surface area contributed by atoms with Crippen LogP contribution < -0.4 is 10.6 Å². The molecular weight excluding hydrogens is 254 g/mol. The predicted molar refractivity (Wildman–Crippen MR) is 78.6 cm³/mol. The summed E-state index contributed by atoms with van der Waals surface area (Å²) in [4.78, 5) is 25.8. The Labute approximate surface area is 119 Å². The molecule has 5 heteroatoms. The average Bonchev–Trinajstić information content (AvgIpc) is 2.91. The third-order valence-corrected chi connectivity index (χ3v) is 3.47. The molecule has 0 aliphatic carbocycles. The van der Waals surface area contributed by atoms with Crippen LogP contribution in [0.1, 0.15) is 25.3 Å². The van der Waals surface area contributed by atoms with Gasteiger partial charge < -0.3 is 15.5 Å². The number of hydrogen-bond donors (Lipinski definition) is 2. The van der Waals surface area contributed by atoms with E-state index in [9.17, 15) is 9.59 Å². The molecule has 20 heavy (non-hydrogen) atoms. The molecule has 0 spiro atoms. The topological polar surface area (TPSA) is 61.4 Å². The van der Waals surface area contributed by atoms with Crippen LogP contribution in [-0.4, -0.2) is 36.0 Å². The summed E-state index contributed by atoms with van der Waals surface area (Å²) in [7, 11) is 0. The van der Waals surface area contributed by atoms with Crippen LogP contribution in [0.3, 0.4) is 0 Å². The summed E-state index contributed by atoms with van der Waals surface area (Å²) in [6.45, 7) is 5.09. The second-order valence-corrected chi connectivity index (χ2v) is 5.04. The largest absolute Gasteiger partial charge is 0.355 e. The van der Waals surface area contributed by atoms with Crippen molar-refractivity contribution in [3.63, 3.8) is 0 Å². The third kappa shape index (κ3) is 3.29. The number of urea groups is 1. The van der Waals surface area contributed by atoms with Gasteiger partial charge in [0.2, 0.25) is 5.91 Å². The fourth-order valence-electron chi connectivity index (χ4n) is 2.41. The Kier molecular flexibility index (Phi) is 4.61. The molecule has 108 valence electrons. The summed E-state index contributed by atoms with van der Waals surface area (Å²) in [6.07, 6.45) is 1.59. The first-order valence-corrected chi connectivity index (χ1v) is 7.04. The molecule has 1 aliphatic rings. The maximum Gasteiger partial charge on any atom is 0.322 e. The molecule has 0 aromatic heterocycles. The van der Waals surface area contributed by atoms with Crippen molar-refractivity contribution < 1.29 is 9.59 Å². The molecule has 1 aromatic carbocycles. The van der Waals surface area contributed by atoms with Crippen molar-refractivity contribution in [3.8, 4) is 0 Å². The van der Waals surface area contributed by atoms with Crippen LogP contribution in [0.25, 0.3) is 0 Å². The van der Waals surface area contributed by atoms with Gasteiger partial charge in [0, 0.05) is 18.8 Å². The highest BCUT2D eigenvalue weighted by atomic mass is 16.2. The van der Waals surface area contributed by atoms with Crippen molar-refractivity contribution in [2.24, 2.45) is 0 Å². The Hall–Kier alpha value is -2.04. The van der Waals surface area contributed by atoms with E-state index in [1.54, 1.807) is 4.90 Å². The number of rotatable bonds is 3. The number of carbonyl (C=O) groups is 2. The average molecular weight is 275 g/mol. The van der Waals surface area contributed by atoms with Crippen LogP contribution in [0.15, 0.2) is 24.3 Å². The first kappa shape index (κ1) is 14.4. The summed E-state index contributed by atoms with van der Waals surface area (Å²) in [5, 5.41) is 5.63. The Balaban J connectivity index is 2.00. The van der Waals surface area contributed by atoms with Gasteiger partial charge >= 0.3 is 6.03 Å². The van der Waals surface area contributed by atoms with E-state index in [2.05, 4.69) is 10.6 Å². The normalized spacial score (nSPS) is 17.9. The van der Waals surface area contributed by atoms with Crippen molar-refractivity contribution in [1.29, 1.82) is 0 Å². The fraction of sp³-hybridized carbons (Fsp3) is 0.467. The number of nitrogens with zero attached hydrogens (tertiary/aromatic N) is 1. The lowest BCUT2D eigenvalue weighted by atomic mass is 10.2. The second kappa shape index (κ2) is 6.41. The van der Waals surface area contributed by atoms with Crippen molar-refractivity contribution in [2.75, 3.05) is 18.4 Å². The van der Waals surface area contributed by atoms with E-state index in [-0.39, 0.29) is 18.0 Å². The number of amides is 3. The van der Waals surface area contributed by atoms with E-state index in [1.165, 1.54) is 0 Å². The van der Waals surface area contributed by atoms with Gasteiger partial charge in [0.25, 0.3) is 0 Å². The van der Waals surface area contributed by atoms with Gasteiger partial charge in [-0.1, -0.05) is 17.7 Å². The van der Waals surface area contributed by atoms with Crippen molar-refractivity contribution >= 4 is 17.6 Å². The van der Waals surface area contributed by atoms with Gasteiger partial charge in [-0.2, -0.15) is 0 Å². The van der Waals surface area contributed by atoms with Crippen LogP contribution in [0.4, 0.5) is 10.5 Å². The van der Waals surface area contributed by atoms with E-state index >= 15 is 0 Å². The van der Waals surface area contributed by atoms with Gasteiger partial charge in [-0.15, -0.1) is 0 Å². The highest BCUT2D eigenvalue weighted by Crippen LogP contribution is 2.19. The van der Waals surface area contributed by atoms with Crippen molar-refractivity contribution in [1.82, 2.24) is 10.2 Å². The minimum atomic E-state index is -0.347. The van der Waals surface area contributed by atoms with Gasteiger partial charge in [0.1, 0.15) is 6.04 Å². The monoisotopic (exact) mass is 275 g/mol. The number of aryl methyl sites for hydroxylation is 1. The molecular formula is C15H21N3O2. The Morgan fingerprint density at radius 3 is 2.65 bits per heavy atom. The van der Waals surface area contributed by atoms with Crippen LogP contribution in [0.5, 0.6) is 0 Å². The number of likely N-dealkylation sites (N-methyl/N-ethyl adjacent to an activating group) is 1. The van der Waals surface area contributed by atoms with E-state index in [1.807, 2.05) is 38.1 Å². The molecule has 3 amide bonds. The van der Waals surface area contributed by atoms with Crippen molar-refractivity contribution in [3.05, 3.63) is 29.8 Å². The summed E-state index contributed by atoms with van der Waals surface area (Å²) in [6, 6.07) is 7.07. The van der Waals surface area contributed by atoms with E-state index < -0.39 is 0 Å². The molecule has 5 nitrogen and oxygen atoms in total. The number of hydrogen-bond acceptors (Lipinski definition) is 2. The maximum absolute atomic E-state index is 12.3. The lowest BCUT2D eigenvalue weighted by Gasteiger charge is -2.24. The van der Waals surface area contributed by atoms with E-state index in [4.69, 9.17) is 0 Å². The molecule has 1 heterocycles. The van der Waals surface area contributed by atoms with Crippen LogP contribution in [0, 0.1) is 6.92 Å². The third-order valence-electron chi connectivity index (χ3n) is 3.47. The smallest absolute Gasteiger partial charge is 0.322 e. The molecule has 2 N–H and O–H groups in total. The van der Waals surface area contributed by atoms with E-state index in [0.29, 0.717) is 13.1 Å². The molecule has 0 radical (unpaired) electrons. The zero-order valence-corrected chi connectivity index (χ0v) is 12.0. The molecule has 1 aromatic rings. The maximum atomic E-state index is 12.3. The van der Waals surface area contributed by atoms with Gasteiger partial charge in [-0.05, 0) is 38.8 Å². The minimum Gasteiger partial charge on any atom is -0.355 e. The lowest BCUT2D eigenvalue weighted by molar-refractivity contribution is -0.124. The first-order chi connectivity index (χ1) is 9.61. The summed E-state index contributed by atoms with van der Waals surface area (Å²) in [5.41, 5.74) is 1.89. The predicted octanol–water partition coefficient (Wildman–Crippen LogP) is 2.13. The SMILES string of the molecule is CCNC(=O)[C@H]1CCCN1C(=O)Nc1ccc(C)cc1. The summed E-state index contributed by atoms with van der Waals surface area (Å²) >= 11 is 0. The molecule has 1 aliphatic heterocycles. The molecule has 0 bridgehead atoms. The molecule has 2 rings (SSSR count). The van der Waals surface area contributed by atoms with Crippen LogP contribution in [0.2, 0.25) is 0 Å². The molecule has 1 saturated heterocycles. The van der Waals surface area contributed by atoms with Gasteiger partial charge in [0.15, 0.2) is 0 Å². The molecule has 0 saturated carbocycles. The Morgan fingerprint density at radius 2 is 2.00 bits per heavy atom. The quantitative estimate of drug-likeness (QED) is 0.887. The summed E-state index contributed by atoms with van der Waals surface area (Å²) < 4.78 is 0. The highest BCUT2D eigenvalue weighted by Gasteiger charge is 2.33. The minimum absolute atomic E-state index is 0.0657. The van der Waals surface area contributed by atoms with Crippen LogP contribution in [-0.2, 0) is 4.79 Å². The zero-order chi connectivity index (χ0) is 14.5. The standard InChI is InChI=1S/C15H21N3O2/c1-3-16-14(19)13-5-4-10-18(13)15(20)17-12-8-6-11(2)7-9-12/h6-9,13H,3-5,10H2,1-2H3,(H,16,19)(H,17,20)/t13-/m1/s1. The Bertz CT molecular complexity index is 484. The number of benzene rings is 1. The van der Waals surface area contributed by atoms with E-state index in [0.717, 1.165) is 24.1 Å². The number of carbonyl (C=O) groups excluding carboxylic acids is 2. The molecule has 1 fully saturated rings. The van der Waals surface area contributed by atoms with Crippen LogP contribution >= 0.6 is 0 Å². The number of nitrogens with one attached hydrogen (secondary N) is 2. The molecule has 0 unspecified atom stereocenters. The lowest BCUT2D eigenvalue weighted by Crippen LogP contribution is -2.47. The van der Waals surface area contributed by atoms with Gasteiger partial charge in [-0.25, -0.2) is 4.79 Å². The molecule has 1 atom stereocenters. The fourth-order valence-corrected chi connectivity index (χ4v) is 2.41. The Morgan fingerprint density at radius 1 is 1.30 bits per heavy atom. The van der Waals surface area contributed by atoms with Crippen molar-refractivity contribution in [2.45, 2.75) is 32.7 Å². The number of anilines is 1. The zero-order valence-electron chi connectivity index (χ0n) is 12.0. The van der Waals surface area contributed by atoms with Gasteiger partial charge in [-0.3, -0.25) is 4.79 Å². The second-order valence-electron chi connectivity index (χ2n) is 5.04. The highest BCUT2D eigenvalue weighted by molar-refractivity contribution is 5.94. The first-order valence-electron chi connectivity index (χ1n) is 7.04.